The predicted molar refractivity (Wildman–Crippen MR) is 124 cm³/mol. The topological polar surface area (TPSA) is 103 Å². The predicted octanol–water partition coefficient (Wildman–Crippen LogP) is 4.60. The maximum absolute atomic E-state index is 6.06. The van der Waals surface area contributed by atoms with Crippen molar-refractivity contribution >= 4 is 44.5 Å². The van der Waals surface area contributed by atoms with Crippen LogP contribution < -0.4 is 21.1 Å². The molecule has 0 spiro atoms. The number of aromatic nitrogens is 4. The Morgan fingerprint density at radius 2 is 1.93 bits per heavy atom. The van der Waals surface area contributed by atoms with E-state index in [1.807, 2.05) is 24.5 Å². The van der Waals surface area contributed by atoms with Gasteiger partial charge in [0.05, 0.1) is 13.4 Å². The molecule has 2 aromatic heterocycles. The number of halogens is 1. The minimum Gasteiger partial charge on any atom is -0.497 e. The zero-order valence-corrected chi connectivity index (χ0v) is 19.1. The molecule has 4 N–H and O–H groups in total. The first kappa shape index (κ1) is 20.9. The van der Waals surface area contributed by atoms with E-state index in [1.54, 1.807) is 7.11 Å². The Morgan fingerprint density at radius 1 is 1.17 bits per heavy atom. The van der Waals surface area contributed by atoms with Crippen molar-refractivity contribution in [2.45, 2.75) is 57.7 Å². The van der Waals surface area contributed by atoms with Crippen molar-refractivity contribution in [3.8, 4) is 5.75 Å². The molecule has 0 aliphatic heterocycles. The summed E-state index contributed by atoms with van der Waals surface area (Å²) in [6, 6.07) is 6.69. The number of methoxy groups -OCH3 is 1. The van der Waals surface area contributed by atoms with Crippen molar-refractivity contribution in [1.82, 2.24) is 19.5 Å². The average molecular weight is 474 g/mol. The smallest absolute Gasteiger partial charge is 0.227 e. The van der Waals surface area contributed by atoms with Crippen LogP contribution in [0.15, 0.2) is 29.0 Å². The summed E-state index contributed by atoms with van der Waals surface area (Å²) in [5.41, 5.74) is 8.45. The van der Waals surface area contributed by atoms with E-state index in [-0.39, 0.29) is 6.04 Å². The minimum absolute atomic E-state index is 0.240. The Morgan fingerprint density at radius 3 is 2.63 bits per heavy atom. The van der Waals surface area contributed by atoms with E-state index < -0.39 is 0 Å². The zero-order chi connectivity index (χ0) is 21.3. The molecular formula is C21H28BrN7O. The molecule has 4 rings (SSSR count). The molecule has 0 amide bonds. The number of benzene rings is 1. The molecular weight excluding hydrogens is 446 g/mol. The molecule has 9 heteroatoms. The first-order valence-electron chi connectivity index (χ1n) is 10.3. The molecule has 1 aromatic carbocycles. The first-order valence-corrected chi connectivity index (χ1v) is 11.1. The molecule has 2 heterocycles. The Hall–Kier alpha value is -2.39. The van der Waals surface area contributed by atoms with Crippen molar-refractivity contribution < 1.29 is 4.74 Å². The third-order valence-electron chi connectivity index (χ3n) is 5.45. The van der Waals surface area contributed by atoms with Gasteiger partial charge in [0.25, 0.3) is 0 Å². The maximum atomic E-state index is 6.06. The third-order valence-corrected chi connectivity index (χ3v) is 5.91. The third kappa shape index (κ3) is 4.52. The van der Waals surface area contributed by atoms with Gasteiger partial charge >= 0.3 is 0 Å². The molecule has 160 valence electrons. The highest BCUT2D eigenvalue weighted by Gasteiger charge is 2.21. The number of nitrogens with two attached hydrogens (primary N) is 1. The lowest BCUT2D eigenvalue weighted by molar-refractivity contribution is 0.410. The quantitative estimate of drug-likeness (QED) is 0.480. The second-order valence-electron chi connectivity index (χ2n) is 8.07. The van der Waals surface area contributed by atoms with Gasteiger partial charge in [0.15, 0.2) is 17.0 Å². The number of nitrogens with zero attached hydrogens (tertiary/aromatic N) is 4. The average Bonchev–Trinajstić information content (AvgIpc) is 3.14. The Kier molecular flexibility index (Phi) is 6.10. The minimum atomic E-state index is 0.240. The van der Waals surface area contributed by atoms with Crippen molar-refractivity contribution in [2.24, 2.45) is 5.73 Å². The lowest BCUT2D eigenvalue weighted by Crippen LogP contribution is -2.33. The molecule has 3 aromatic rings. The van der Waals surface area contributed by atoms with Crippen LogP contribution in [0.5, 0.6) is 5.75 Å². The van der Waals surface area contributed by atoms with E-state index in [1.165, 1.54) is 0 Å². The number of anilines is 3. The molecule has 1 aliphatic rings. The summed E-state index contributed by atoms with van der Waals surface area (Å²) in [6.45, 7) is 4.23. The summed E-state index contributed by atoms with van der Waals surface area (Å²) in [5, 5.41) is 6.92. The van der Waals surface area contributed by atoms with Gasteiger partial charge in [-0.2, -0.15) is 9.97 Å². The highest BCUT2D eigenvalue weighted by atomic mass is 79.9. The number of hydrogen-bond donors (Lipinski definition) is 3. The van der Waals surface area contributed by atoms with Crippen LogP contribution in [-0.4, -0.2) is 38.7 Å². The van der Waals surface area contributed by atoms with E-state index in [2.05, 4.69) is 50.0 Å². The summed E-state index contributed by atoms with van der Waals surface area (Å²) in [5.74, 6) is 2.02. The summed E-state index contributed by atoms with van der Waals surface area (Å²) >= 11 is 3.53. The number of rotatable bonds is 6. The van der Waals surface area contributed by atoms with E-state index in [0.29, 0.717) is 23.8 Å². The molecule has 1 aliphatic carbocycles. The van der Waals surface area contributed by atoms with Gasteiger partial charge in [-0.25, -0.2) is 4.98 Å². The van der Waals surface area contributed by atoms with Gasteiger partial charge in [0, 0.05) is 34.4 Å². The van der Waals surface area contributed by atoms with Crippen LogP contribution in [0.2, 0.25) is 0 Å². The van der Waals surface area contributed by atoms with Crippen molar-refractivity contribution in [1.29, 1.82) is 0 Å². The molecule has 0 unspecified atom stereocenters. The van der Waals surface area contributed by atoms with Gasteiger partial charge in [0.2, 0.25) is 5.95 Å². The van der Waals surface area contributed by atoms with Crippen LogP contribution in [-0.2, 0) is 0 Å². The fourth-order valence-corrected chi connectivity index (χ4v) is 4.25. The monoisotopic (exact) mass is 473 g/mol. The summed E-state index contributed by atoms with van der Waals surface area (Å²) in [4.78, 5) is 14.2. The van der Waals surface area contributed by atoms with Gasteiger partial charge < -0.3 is 25.7 Å². The molecule has 8 nitrogen and oxygen atoms in total. The Bertz CT molecular complexity index is 1030. The van der Waals surface area contributed by atoms with Crippen molar-refractivity contribution in [3.05, 3.63) is 29.0 Å². The lowest BCUT2D eigenvalue weighted by atomic mass is 9.92. The molecule has 0 bridgehead atoms. The van der Waals surface area contributed by atoms with Crippen LogP contribution in [0.3, 0.4) is 0 Å². The van der Waals surface area contributed by atoms with Gasteiger partial charge in [-0.3, -0.25) is 0 Å². The lowest BCUT2D eigenvalue weighted by Gasteiger charge is -2.27. The summed E-state index contributed by atoms with van der Waals surface area (Å²) in [7, 11) is 1.65. The van der Waals surface area contributed by atoms with E-state index >= 15 is 0 Å². The van der Waals surface area contributed by atoms with Gasteiger partial charge in [-0.1, -0.05) is 15.9 Å². The number of nitrogens with one attached hydrogen (secondary N) is 2. The normalized spacial score (nSPS) is 19.3. The van der Waals surface area contributed by atoms with Crippen LogP contribution in [0, 0.1) is 0 Å². The molecule has 0 atom stereocenters. The van der Waals surface area contributed by atoms with Crippen LogP contribution in [0.25, 0.3) is 11.2 Å². The van der Waals surface area contributed by atoms with Crippen LogP contribution in [0.1, 0.15) is 45.6 Å². The van der Waals surface area contributed by atoms with E-state index in [4.69, 9.17) is 20.4 Å². The highest BCUT2D eigenvalue weighted by molar-refractivity contribution is 9.10. The second kappa shape index (κ2) is 8.77. The molecule has 1 fully saturated rings. The number of ether oxygens (including phenoxy) is 1. The molecule has 30 heavy (non-hydrogen) atoms. The number of hydrogen-bond acceptors (Lipinski definition) is 7. The zero-order valence-electron chi connectivity index (χ0n) is 17.5. The SMILES string of the molecule is COc1cc(Br)cc(Nc2nc(NC3CCC(N)CC3)nc3c2ncn3C(C)C)c1. The van der Waals surface area contributed by atoms with Crippen molar-refractivity contribution in [3.63, 3.8) is 0 Å². The summed E-state index contributed by atoms with van der Waals surface area (Å²) < 4.78 is 8.36. The Balaban J connectivity index is 1.71. The van der Waals surface area contributed by atoms with Crippen LogP contribution in [0.4, 0.5) is 17.5 Å². The maximum Gasteiger partial charge on any atom is 0.227 e. The fourth-order valence-electron chi connectivity index (χ4n) is 3.78. The molecule has 0 saturated heterocycles. The van der Waals surface area contributed by atoms with Crippen LogP contribution >= 0.6 is 15.9 Å². The standard InChI is InChI=1S/C21H28BrN7O/c1-12(2)29-11-24-18-19(25-16-8-13(22)9-17(10-16)30-3)27-21(28-20(18)29)26-15-6-4-14(23)5-7-15/h8-12,14-15H,4-7,23H2,1-3H3,(H2,25,26,27,28). The van der Waals surface area contributed by atoms with Crippen molar-refractivity contribution in [2.75, 3.05) is 17.7 Å². The fraction of sp³-hybridized carbons (Fsp3) is 0.476. The van der Waals surface area contributed by atoms with Gasteiger partial charge in [-0.15, -0.1) is 0 Å². The van der Waals surface area contributed by atoms with E-state index in [9.17, 15) is 0 Å². The molecule has 0 radical (unpaired) electrons. The van der Waals surface area contributed by atoms with Gasteiger partial charge in [-0.05, 0) is 51.7 Å². The number of imidazole rings is 1. The van der Waals surface area contributed by atoms with E-state index in [0.717, 1.165) is 52.8 Å². The highest BCUT2D eigenvalue weighted by Crippen LogP contribution is 2.30. The first-order chi connectivity index (χ1) is 14.4. The molecule has 1 saturated carbocycles. The Labute approximate surface area is 184 Å². The number of fused-ring (bicyclic) bond motifs is 1. The largest absolute Gasteiger partial charge is 0.497 e. The summed E-state index contributed by atoms with van der Waals surface area (Å²) in [6.07, 6.45) is 5.91. The van der Waals surface area contributed by atoms with Gasteiger partial charge in [0.1, 0.15) is 5.75 Å². The second-order valence-corrected chi connectivity index (χ2v) is 8.99.